The van der Waals surface area contributed by atoms with Gasteiger partial charge in [-0.25, -0.2) is 4.79 Å². The van der Waals surface area contributed by atoms with Gasteiger partial charge in [0.15, 0.2) is 0 Å². The maximum Gasteiger partial charge on any atom is 0.407 e. The maximum absolute atomic E-state index is 13.3. The van der Waals surface area contributed by atoms with Crippen LogP contribution < -0.4 is 4.90 Å². The molecule has 2 aromatic rings. The van der Waals surface area contributed by atoms with Crippen LogP contribution in [0.4, 0.5) is 10.5 Å². The molecule has 2 aromatic carbocycles. The second-order valence-corrected chi connectivity index (χ2v) is 8.01. The van der Waals surface area contributed by atoms with Crippen molar-refractivity contribution in [3.8, 4) is 0 Å². The molecule has 6 heteroatoms. The van der Waals surface area contributed by atoms with Crippen LogP contribution in [-0.2, 0) is 16.8 Å². The Morgan fingerprint density at radius 2 is 1.82 bits per heavy atom. The third kappa shape index (κ3) is 3.65. The highest BCUT2D eigenvalue weighted by atomic mass is 79.9. The molecule has 1 heterocycles. The summed E-state index contributed by atoms with van der Waals surface area (Å²) >= 11 is 3.50. The predicted octanol–water partition coefficient (Wildman–Crippen LogP) is 5.03. The van der Waals surface area contributed by atoms with Gasteiger partial charge in [0.2, 0.25) is 5.91 Å². The summed E-state index contributed by atoms with van der Waals surface area (Å²) < 4.78 is 0.909. The van der Waals surface area contributed by atoms with Gasteiger partial charge in [-0.05, 0) is 36.1 Å². The Morgan fingerprint density at radius 3 is 2.43 bits per heavy atom. The van der Waals surface area contributed by atoms with E-state index in [0.29, 0.717) is 13.1 Å². The average molecular weight is 445 g/mol. The second-order valence-electron chi connectivity index (χ2n) is 7.10. The molecule has 0 fully saturated rings. The van der Waals surface area contributed by atoms with E-state index in [1.54, 1.807) is 4.90 Å². The summed E-state index contributed by atoms with van der Waals surface area (Å²) in [6.45, 7) is 4.97. The summed E-state index contributed by atoms with van der Waals surface area (Å²) in [7, 11) is 0. The van der Waals surface area contributed by atoms with Gasteiger partial charge in [0.1, 0.15) is 0 Å². The van der Waals surface area contributed by atoms with Crippen LogP contribution >= 0.6 is 15.9 Å². The summed E-state index contributed by atoms with van der Waals surface area (Å²) in [4.78, 5) is 28.2. The van der Waals surface area contributed by atoms with E-state index in [2.05, 4.69) is 15.9 Å². The van der Waals surface area contributed by atoms with Gasteiger partial charge in [-0.1, -0.05) is 66.2 Å². The quantitative estimate of drug-likeness (QED) is 0.650. The minimum absolute atomic E-state index is 0.0654. The maximum atomic E-state index is 13.3. The first kappa shape index (κ1) is 20.4. The Hall–Kier alpha value is -2.34. The fraction of sp³-hybridized carbons (Fsp3) is 0.364. The molecule has 0 saturated carbocycles. The normalized spacial score (nSPS) is 14.8. The summed E-state index contributed by atoms with van der Waals surface area (Å²) in [6, 6.07) is 15.4. The number of carbonyl (C=O) groups is 2. The molecule has 0 aliphatic carbocycles. The number of carboxylic acid groups (broad SMARTS) is 1. The Bertz CT molecular complexity index is 865. The van der Waals surface area contributed by atoms with E-state index in [4.69, 9.17) is 0 Å². The first-order chi connectivity index (χ1) is 13.4. The van der Waals surface area contributed by atoms with E-state index in [0.717, 1.165) is 34.1 Å². The Labute approximate surface area is 174 Å². The molecule has 0 aromatic heterocycles. The number of benzene rings is 2. The summed E-state index contributed by atoms with van der Waals surface area (Å²) in [6.07, 6.45) is 0.461. The van der Waals surface area contributed by atoms with Gasteiger partial charge in [0, 0.05) is 29.8 Å². The number of amides is 2. The molecule has 5 nitrogen and oxygen atoms in total. The van der Waals surface area contributed by atoms with Crippen molar-refractivity contribution in [1.29, 1.82) is 0 Å². The molecule has 28 heavy (non-hydrogen) atoms. The Balaban J connectivity index is 1.84. The minimum atomic E-state index is -0.984. The van der Waals surface area contributed by atoms with Gasteiger partial charge in [-0.2, -0.15) is 0 Å². The molecule has 0 spiro atoms. The molecule has 3 rings (SSSR count). The summed E-state index contributed by atoms with van der Waals surface area (Å²) in [5.74, 6) is 0.0654. The zero-order valence-corrected chi connectivity index (χ0v) is 17.8. The highest BCUT2D eigenvalue weighted by molar-refractivity contribution is 9.10. The molecule has 0 bridgehead atoms. The van der Waals surface area contributed by atoms with Crippen molar-refractivity contribution in [2.24, 2.45) is 0 Å². The van der Waals surface area contributed by atoms with Gasteiger partial charge < -0.3 is 14.9 Å². The van der Waals surface area contributed by atoms with Crippen molar-refractivity contribution >= 4 is 33.6 Å². The third-order valence-electron chi connectivity index (χ3n) is 5.71. The van der Waals surface area contributed by atoms with E-state index >= 15 is 0 Å². The summed E-state index contributed by atoms with van der Waals surface area (Å²) in [5.41, 5.74) is 2.32. The van der Waals surface area contributed by atoms with Crippen LogP contribution in [0.15, 0.2) is 53.0 Å². The van der Waals surface area contributed by atoms with E-state index in [1.807, 2.05) is 62.4 Å². The number of hydrogen-bond acceptors (Lipinski definition) is 2. The topological polar surface area (TPSA) is 60.9 Å². The van der Waals surface area contributed by atoms with Crippen molar-refractivity contribution < 1.29 is 14.7 Å². The van der Waals surface area contributed by atoms with Gasteiger partial charge in [-0.3, -0.25) is 4.79 Å². The number of carbonyl (C=O) groups excluding carboxylic acids is 1. The monoisotopic (exact) mass is 444 g/mol. The van der Waals surface area contributed by atoms with Gasteiger partial charge in [0.05, 0.1) is 5.41 Å². The Morgan fingerprint density at radius 1 is 1.14 bits per heavy atom. The van der Waals surface area contributed by atoms with Gasteiger partial charge in [-0.15, -0.1) is 0 Å². The van der Waals surface area contributed by atoms with Crippen molar-refractivity contribution in [2.45, 2.75) is 38.6 Å². The number of hydrogen-bond donors (Lipinski definition) is 1. The standard InChI is InChI=1S/C22H25BrN2O3/c1-3-22(4-2)18-11-10-17(23)14-19(18)25(20(22)26)13-12-24(21(27)28)15-16-8-6-5-7-9-16/h5-11,14H,3-4,12-13,15H2,1-2H3,(H,27,28). The number of fused-ring (bicyclic) bond motifs is 1. The minimum Gasteiger partial charge on any atom is -0.465 e. The molecule has 0 unspecified atom stereocenters. The van der Waals surface area contributed by atoms with E-state index < -0.39 is 11.5 Å². The van der Waals surface area contributed by atoms with Gasteiger partial charge in [0.25, 0.3) is 0 Å². The van der Waals surface area contributed by atoms with Gasteiger partial charge >= 0.3 is 6.09 Å². The fourth-order valence-corrected chi connectivity index (χ4v) is 4.39. The predicted molar refractivity (Wildman–Crippen MR) is 114 cm³/mol. The summed E-state index contributed by atoms with van der Waals surface area (Å²) in [5, 5.41) is 9.62. The highest BCUT2D eigenvalue weighted by Crippen LogP contribution is 2.46. The first-order valence-electron chi connectivity index (χ1n) is 9.56. The number of anilines is 1. The SMILES string of the molecule is CCC1(CC)C(=O)N(CCN(Cc2ccccc2)C(=O)O)c2cc(Br)ccc21. The lowest BCUT2D eigenvalue weighted by Crippen LogP contribution is -2.43. The molecular weight excluding hydrogens is 420 g/mol. The number of nitrogens with zero attached hydrogens (tertiary/aromatic N) is 2. The van der Waals surface area contributed by atoms with Crippen LogP contribution in [0.3, 0.4) is 0 Å². The molecule has 0 atom stereocenters. The lowest BCUT2D eigenvalue weighted by atomic mass is 9.77. The van der Waals surface area contributed by atoms with Crippen molar-refractivity contribution in [2.75, 3.05) is 18.0 Å². The van der Waals surface area contributed by atoms with Crippen molar-refractivity contribution in [3.63, 3.8) is 0 Å². The molecule has 0 saturated heterocycles. The molecular formula is C22H25BrN2O3. The lowest BCUT2D eigenvalue weighted by Gasteiger charge is -2.27. The molecule has 1 aliphatic heterocycles. The zero-order chi connectivity index (χ0) is 20.3. The number of halogens is 1. The largest absolute Gasteiger partial charge is 0.465 e. The number of rotatable bonds is 7. The fourth-order valence-electron chi connectivity index (χ4n) is 4.04. The van der Waals surface area contributed by atoms with Crippen LogP contribution in [0.25, 0.3) is 0 Å². The van der Waals surface area contributed by atoms with Crippen molar-refractivity contribution in [3.05, 3.63) is 64.1 Å². The molecule has 1 N–H and O–H groups in total. The molecule has 1 aliphatic rings. The third-order valence-corrected chi connectivity index (χ3v) is 6.20. The lowest BCUT2D eigenvalue weighted by molar-refractivity contribution is -0.123. The van der Waals surface area contributed by atoms with E-state index in [1.165, 1.54) is 4.90 Å². The molecule has 148 valence electrons. The highest BCUT2D eigenvalue weighted by Gasteiger charge is 2.48. The Kier molecular flexibility index (Phi) is 6.08. The average Bonchev–Trinajstić information content (AvgIpc) is 2.92. The van der Waals surface area contributed by atoms with Crippen molar-refractivity contribution in [1.82, 2.24) is 4.90 Å². The van der Waals surface area contributed by atoms with Crippen LogP contribution in [0, 0.1) is 0 Å². The van der Waals surface area contributed by atoms with Crippen LogP contribution in [0.1, 0.15) is 37.8 Å². The smallest absolute Gasteiger partial charge is 0.407 e. The van der Waals surface area contributed by atoms with E-state index in [-0.39, 0.29) is 12.5 Å². The molecule has 0 radical (unpaired) electrons. The second kappa shape index (κ2) is 8.35. The van der Waals surface area contributed by atoms with Crippen LogP contribution in [-0.4, -0.2) is 35.1 Å². The zero-order valence-electron chi connectivity index (χ0n) is 16.2. The molecule has 2 amide bonds. The first-order valence-corrected chi connectivity index (χ1v) is 10.4. The van der Waals surface area contributed by atoms with E-state index in [9.17, 15) is 14.7 Å². The van der Waals surface area contributed by atoms with Crippen LogP contribution in [0.5, 0.6) is 0 Å². The van der Waals surface area contributed by atoms with Crippen LogP contribution in [0.2, 0.25) is 0 Å².